The van der Waals surface area contributed by atoms with Crippen molar-refractivity contribution < 1.29 is 9.47 Å². The summed E-state index contributed by atoms with van der Waals surface area (Å²) >= 11 is 0. The van der Waals surface area contributed by atoms with Crippen LogP contribution in [-0.4, -0.2) is 47.8 Å². The van der Waals surface area contributed by atoms with E-state index < -0.39 is 0 Å². The number of fused-ring (bicyclic) bond motifs is 1. The van der Waals surface area contributed by atoms with Crippen LogP contribution in [0.5, 0.6) is 0 Å². The second-order valence-electron chi connectivity index (χ2n) is 6.56. The second kappa shape index (κ2) is 6.86. The van der Waals surface area contributed by atoms with Crippen molar-refractivity contribution in [1.29, 1.82) is 0 Å². The normalized spacial score (nSPS) is 29.8. The molecular weight excluding hydrogens is 264 g/mol. The van der Waals surface area contributed by atoms with Gasteiger partial charge < -0.3 is 9.47 Å². The molecule has 0 spiro atoms. The molecule has 0 N–H and O–H groups in total. The molecule has 1 aromatic heterocycles. The van der Waals surface area contributed by atoms with Crippen molar-refractivity contribution >= 4 is 0 Å². The molecule has 2 saturated heterocycles. The lowest BCUT2D eigenvalue weighted by Gasteiger charge is -2.32. The third-order valence-electron chi connectivity index (χ3n) is 4.35. The van der Waals surface area contributed by atoms with E-state index in [1.807, 2.05) is 24.4 Å². The van der Waals surface area contributed by atoms with Gasteiger partial charge in [-0.2, -0.15) is 0 Å². The molecule has 0 radical (unpaired) electrons. The summed E-state index contributed by atoms with van der Waals surface area (Å²) in [6.07, 6.45) is 4.64. The molecule has 2 aliphatic heterocycles. The molecule has 4 heteroatoms. The van der Waals surface area contributed by atoms with Crippen LogP contribution >= 0.6 is 0 Å². The molecule has 116 valence electrons. The van der Waals surface area contributed by atoms with Crippen molar-refractivity contribution in [2.45, 2.75) is 51.5 Å². The smallest absolute Gasteiger partial charge is 0.100 e. The SMILES string of the molecule is CC(C)CN1C[C@@H](OCc2ccccn2)[C@H]2OCCC[C@H]21. The third-order valence-corrected chi connectivity index (χ3v) is 4.35. The lowest BCUT2D eigenvalue weighted by Crippen LogP contribution is -2.42. The molecule has 3 atom stereocenters. The zero-order valence-corrected chi connectivity index (χ0v) is 13.1. The van der Waals surface area contributed by atoms with Crippen LogP contribution in [0.15, 0.2) is 24.4 Å². The maximum absolute atomic E-state index is 6.14. The van der Waals surface area contributed by atoms with E-state index in [0.717, 1.165) is 25.4 Å². The number of likely N-dealkylation sites (tertiary alicyclic amines) is 1. The molecule has 3 heterocycles. The zero-order chi connectivity index (χ0) is 14.7. The fraction of sp³-hybridized carbons (Fsp3) is 0.706. The molecule has 2 aliphatic rings. The first-order valence-electron chi connectivity index (χ1n) is 8.11. The van der Waals surface area contributed by atoms with Crippen LogP contribution in [0, 0.1) is 5.92 Å². The minimum atomic E-state index is 0.177. The van der Waals surface area contributed by atoms with E-state index in [9.17, 15) is 0 Å². The minimum Gasteiger partial charge on any atom is -0.374 e. The van der Waals surface area contributed by atoms with Gasteiger partial charge in [-0.15, -0.1) is 0 Å². The molecule has 3 rings (SSSR count). The maximum Gasteiger partial charge on any atom is 0.100 e. The van der Waals surface area contributed by atoms with Gasteiger partial charge in [0, 0.05) is 31.9 Å². The summed E-state index contributed by atoms with van der Waals surface area (Å²) < 4.78 is 12.2. The fourth-order valence-corrected chi connectivity index (χ4v) is 3.51. The Morgan fingerprint density at radius 3 is 3.10 bits per heavy atom. The Morgan fingerprint density at radius 2 is 2.33 bits per heavy atom. The third kappa shape index (κ3) is 3.62. The molecule has 0 aliphatic carbocycles. The van der Waals surface area contributed by atoms with E-state index in [0.29, 0.717) is 18.6 Å². The lowest BCUT2D eigenvalue weighted by molar-refractivity contribution is -0.0823. The number of nitrogens with zero attached hydrogens (tertiary/aromatic N) is 2. The highest BCUT2D eigenvalue weighted by Gasteiger charge is 2.44. The molecule has 0 aromatic carbocycles. The van der Waals surface area contributed by atoms with Crippen molar-refractivity contribution in [2.24, 2.45) is 5.92 Å². The zero-order valence-electron chi connectivity index (χ0n) is 13.1. The summed E-state index contributed by atoms with van der Waals surface area (Å²) in [5, 5.41) is 0. The number of hydrogen-bond acceptors (Lipinski definition) is 4. The Labute approximate surface area is 127 Å². The van der Waals surface area contributed by atoms with Crippen molar-refractivity contribution in [3.05, 3.63) is 30.1 Å². The summed E-state index contributed by atoms with van der Waals surface area (Å²) in [5.74, 6) is 0.683. The second-order valence-corrected chi connectivity index (χ2v) is 6.56. The maximum atomic E-state index is 6.14. The molecule has 21 heavy (non-hydrogen) atoms. The van der Waals surface area contributed by atoms with Crippen molar-refractivity contribution in [2.75, 3.05) is 19.7 Å². The largest absolute Gasteiger partial charge is 0.374 e. The van der Waals surface area contributed by atoms with E-state index in [4.69, 9.17) is 9.47 Å². The van der Waals surface area contributed by atoms with Crippen LogP contribution in [0.3, 0.4) is 0 Å². The molecule has 0 amide bonds. The minimum absolute atomic E-state index is 0.177. The van der Waals surface area contributed by atoms with Crippen LogP contribution in [0.4, 0.5) is 0 Å². The van der Waals surface area contributed by atoms with Crippen LogP contribution in [0.2, 0.25) is 0 Å². The van der Waals surface area contributed by atoms with Crippen molar-refractivity contribution in [3.8, 4) is 0 Å². The van der Waals surface area contributed by atoms with Crippen LogP contribution in [-0.2, 0) is 16.1 Å². The van der Waals surface area contributed by atoms with Gasteiger partial charge in [0.25, 0.3) is 0 Å². The predicted octanol–water partition coefficient (Wildman–Crippen LogP) is 2.49. The summed E-state index contributed by atoms with van der Waals surface area (Å²) in [5.41, 5.74) is 0.993. The molecule has 0 unspecified atom stereocenters. The molecule has 1 aromatic rings. The van der Waals surface area contributed by atoms with Gasteiger partial charge in [-0.25, -0.2) is 0 Å². The summed E-state index contributed by atoms with van der Waals surface area (Å²) in [6, 6.07) is 6.49. The Balaban J connectivity index is 1.61. The average Bonchev–Trinajstić information content (AvgIpc) is 2.84. The van der Waals surface area contributed by atoms with Gasteiger partial charge in [0.2, 0.25) is 0 Å². The Kier molecular flexibility index (Phi) is 4.88. The predicted molar refractivity (Wildman–Crippen MR) is 82.0 cm³/mol. The highest BCUT2D eigenvalue weighted by molar-refractivity contribution is 5.03. The standard InChI is InChI=1S/C17H26N2O2/c1-13(2)10-19-11-16(17-15(19)7-5-9-20-17)21-12-14-6-3-4-8-18-14/h3-4,6,8,13,15-17H,5,7,9-12H2,1-2H3/t15-,16-,17+/m1/s1. The van der Waals surface area contributed by atoms with Gasteiger partial charge >= 0.3 is 0 Å². The van der Waals surface area contributed by atoms with Crippen molar-refractivity contribution in [3.63, 3.8) is 0 Å². The molecule has 0 saturated carbocycles. The Hall–Kier alpha value is -0.970. The molecule has 0 bridgehead atoms. The van der Waals surface area contributed by atoms with Gasteiger partial charge in [0.05, 0.1) is 18.4 Å². The van der Waals surface area contributed by atoms with Gasteiger partial charge in [-0.3, -0.25) is 9.88 Å². The summed E-state index contributed by atoms with van der Waals surface area (Å²) in [4.78, 5) is 6.90. The fourth-order valence-electron chi connectivity index (χ4n) is 3.51. The van der Waals surface area contributed by atoms with Crippen LogP contribution in [0.25, 0.3) is 0 Å². The molecule has 4 nitrogen and oxygen atoms in total. The van der Waals surface area contributed by atoms with E-state index >= 15 is 0 Å². The van der Waals surface area contributed by atoms with E-state index in [2.05, 4.69) is 23.7 Å². The van der Waals surface area contributed by atoms with E-state index in [1.54, 1.807) is 0 Å². The van der Waals surface area contributed by atoms with Crippen LogP contribution < -0.4 is 0 Å². The van der Waals surface area contributed by atoms with Gasteiger partial charge in [-0.1, -0.05) is 19.9 Å². The Morgan fingerprint density at radius 1 is 1.43 bits per heavy atom. The van der Waals surface area contributed by atoms with E-state index in [-0.39, 0.29) is 12.2 Å². The highest BCUT2D eigenvalue weighted by Crippen LogP contribution is 2.31. The summed E-state index contributed by atoms with van der Waals surface area (Å²) in [6.45, 7) is 8.13. The molecule has 2 fully saturated rings. The number of ether oxygens (including phenoxy) is 2. The topological polar surface area (TPSA) is 34.6 Å². The number of pyridine rings is 1. The first kappa shape index (κ1) is 14.9. The quantitative estimate of drug-likeness (QED) is 0.834. The molecular formula is C17H26N2O2. The number of rotatable bonds is 5. The van der Waals surface area contributed by atoms with Gasteiger partial charge in [0.1, 0.15) is 6.10 Å². The number of aromatic nitrogens is 1. The average molecular weight is 290 g/mol. The first-order chi connectivity index (χ1) is 10.2. The van der Waals surface area contributed by atoms with Crippen LogP contribution in [0.1, 0.15) is 32.4 Å². The summed E-state index contributed by atoms with van der Waals surface area (Å²) in [7, 11) is 0. The first-order valence-corrected chi connectivity index (χ1v) is 8.11. The van der Waals surface area contributed by atoms with Crippen molar-refractivity contribution in [1.82, 2.24) is 9.88 Å². The highest BCUT2D eigenvalue weighted by atomic mass is 16.5. The monoisotopic (exact) mass is 290 g/mol. The van der Waals surface area contributed by atoms with Gasteiger partial charge in [-0.05, 0) is 30.9 Å². The number of hydrogen-bond donors (Lipinski definition) is 0. The van der Waals surface area contributed by atoms with E-state index in [1.165, 1.54) is 12.8 Å². The Bertz CT molecular complexity index is 438. The lowest BCUT2D eigenvalue weighted by atomic mass is 10.0. The van der Waals surface area contributed by atoms with Gasteiger partial charge in [0.15, 0.2) is 0 Å².